The molecule has 0 radical (unpaired) electrons. The first-order valence-electron chi connectivity index (χ1n) is 12.2. The Bertz CT molecular complexity index is 1630. The summed E-state index contributed by atoms with van der Waals surface area (Å²) in [5.74, 6) is 1.05. The topological polar surface area (TPSA) is 115 Å². The van der Waals surface area contributed by atoms with Crippen LogP contribution in [0.15, 0.2) is 72.1 Å². The molecule has 5 aromatic rings. The Hall–Kier alpha value is -4.70. The van der Waals surface area contributed by atoms with Crippen LogP contribution in [0.4, 0.5) is 5.13 Å². The van der Waals surface area contributed by atoms with Gasteiger partial charge in [-0.05, 0) is 61.0 Å². The highest BCUT2D eigenvalue weighted by Gasteiger charge is 2.24. The van der Waals surface area contributed by atoms with E-state index in [4.69, 9.17) is 14.2 Å². The molecule has 9 nitrogen and oxygen atoms in total. The summed E-state index contributed by atoms with van der Waals surface area (Å²) in [5.41, 5.74) is 4.08. The third kappa shape index (κ3) is 5.60. The summed E-state index contributed by atoms with van der Waals surface area (Å²) in [7, 11) is 3.21. The van der Waals surface area contributed by atoms with Crippen LogP contribution in [0, 0.1) is 0 Å². The molecule has 0 saturated carbocycles. The van der Waals surface area contributed by atoms with Gasteiger partial charge in [0.25, 0.3) is 5.91 Å². The van der Waals surface area contributed by atoms with Gasteiger partial charge in [0, 0.05) is 16.5 Å². The number of nitrogens with one attached hydrogen (secondary N) is 2. The number of para-hydroxylation sites is 1. The van der Waals surface area contributed by atoms with Crippen molar-refractivity contribution < 1.29 is 23.8 Å². The van der Waals surface area contributed by atoms with E-state index in [1.807, 2.05) is 53.9 Å². The van der Waals surface area contributed by atoms with Crippen LogP contribution < -0.4 is 14.8 Å². The zero-order chi connectivity index (χ0) is 27.4. The monoisotopic (exact) mass is 542 g/mol. The van der Waals surface area contributed by atoms with Crippen LogP contribution >= 0.6 is 11.3 Å². The van der Waals surface area contributed by atoms with Crippen LogP contribution in [0.5, 0.6) is 11.5 Å². The lowest BCUT2D eigenvalue weighted by Gasteiger charge is -2.15. The molecule has 3 aromatic carbocycles. The Morgan fingerprint density at radius 1 is 1.00 bits per heavy atom. The van der Waals surface area contributed by atoms with Gasteiger partial charge in [-0.2, -0.15) is 0 Å². The fourth-order valence-corrected chi connectivity index (χ4v) is 4.75. The molecule has 0 fully saturated rings. The van der Waals surface area contributed by atoms with Crippen molar-refractivity contribution in [3.63, 3.8) is 0 Å². The van der Waals surface area contributed by atoms with E-state index in [0.29, 0.717) is 45.4 Å². The maximum Gasteiger partial charge on any atom is 0.338 e. The lowest BCUT2D eigenvalue weighted by molar-refractivity contribution is -0.124. The molecule has 5 rings (SSSR count). The number of methoxy groups -OCH3 is 2. The molecule has 0 aliphatic carbocycles. The highest BCUT2D eigenvalue weighted by atomic mass is 32.1. The first-order valence-corrected chi connectivity index (χ1v) is 13.1. The second kappa shape index (κ2) is 11.4. The van der Waals surface area contributed by atoms with E-state index < -0.39 is 18.0 Å². The number of esters is 1. The molecule has 0 aliphatic heterocycles. The molecule has 0 bridgehead atoms. The molecule has 0 aliphatic rings. The summed E-state index contributed by atoms with van der Waals surface area (Å²) in [6.07, 6.45) is -0.681. The van der Waals surface area contributed by atoms with Crippen LogP contribution in [0.25, 0.3) is 33.7 Å². The quantitative estimate of drug-likeness (QED) is 0.221. The number of aromatic nitrogens is 3. The normalized spacial score (nSPS) is 11.7. The molecule has 2 heterocycles. The summed E-state index contributed by atoms with van der Waals surface area (Å²) in [6.45, 7) is 1.78. The van der Waals surface area contributed by atoms with Crippen molar-refractivity contribution in [1.82, 2.24) is 15.0 Å². The number of thiazole rings is 1. The SMILES string of the molecule is CCC(OC(=O)c1ccc2nc(-c3ccc(OC)cc3)[nH]c2c1)C(=O)Nc1nc(-c2ccccc2OC)cs1. The molecule has 2 N–H and O–H groups in total. The van der Waals surface area contributed by atoms with Gasteiger partial charge in [-0.25, -0.2) is 14.8 Å². The minimum absolute atomic E-state index is 0.302. The van der Waals surface area contributed by atoms with Crippen LogP contribution in [0.2, 0.25) is 0 Å². The number of carbonyl (C=O) groups excluding carboxylic acids is 2. The number of benzene rings is 3. The van der Waals surface area contributed by atoms with E-state index in [2.05, 4.69) is 20.3 Å². The highest BCUT2D eigenvalue weighted by molar-refractivity contribution is 7.14. The second-order valence-corrected chi connectivity index (χ2v) is 9.43. The Morgan fingerprint density at radius 3 is 2.54 bits per heavy atom. The van der Waals surface area contributed by atoms with Gasteiger partial charge in [0.1, 0.15) is 17.3 Å². The van der Waals surface area contributed by atoms with Crippen molar-refractivity contribution in [2.45, 2.75) is 19.4 Å². The number of carbonyl (C=O) groups is 2. The van der Waals surface area contributed by atoms with Gasteiger partial charge in [0.15, 0.2) is 11.2 Å². The van der Waals surface area contributed by atoms with Gasteiger partial charge < -0.3 is 19.2 Å². The minimum atomic E-state index is -0.983. The lowest BCUT2D eigenvalue weighted by atomic mass is 10.1. The van der Waals surface area contributed by atoms with Gasteiger partial charge >= 0.3 is 5.97 Å². The number of imidazole rings is 1. The number of rotatable bonds is 9. The zero-order valence-electron chi connectivity index (χ0n) is 21.6. The summed E-state index contributed by atoms with van der Waals surface area (Å²) < 4.78 is 16.2. The first kappa shape index (κ1) is 25.9. The summed E-state index contributed by atoms with van der Waals surface area (Å²) in [5, 5.41) is 5.00. The highest BCUT2D eigenvalue weighted by Crippen LogP contribution is 2.32. The number of fused-ring (bicyclic) bond motifs is 1. The smallest absolute Gasteiger partial charge is 0.338 e. The maximum atomic E-state index is 12.9. The van der Waals surface area contributed by atoms with Crippen molar-refractivity contribution in [3.8, 4) is 34.1 Å². The largest absolute Gasteiger partial charge is 0.497 e. The molecule has 0 saturated heterocycles. The Morgan fingerprint density at radius 2 is 1.79 bits per heavy atom. The predicted octanol–water partition coefficient (Wildman–Crippen LogP) is 5.94. The number of hydrogen-bond donors (Lipinski definition) is 2. The van der Waals surface area contributed by atoms with E-state index in [9.17, 15) is 9.59 Å². The molecule has 2 aromatic heterocycles. The van der Waals surface area contributed by atoms with Crippen LogP contribution in [-0.2, 0) is 9.53 Å². The summed E-state index contributed by atoms with van der Waals surface area (Å²) >= 11 is 1.28. The Labute approximate surface area is 228 Å². The number of H-pyrrole nitrogens is 1. The van der Waals surface area contributed by atoms with E-state index in [-0.39, 0.29) is 0 Å². The Kier molecular flexibility index (Phi) is 7.55. The van der Waals surface area contributed by atoms with Crippen molar-refractivity contribution >= 4 is 39.4 Å². The van der Waals surface area contributed by atoms with Gasteiger partial charge in [0.2, 0.25) is 0 Å². The number of amides is 1. The van der Waals surface area contributed by atoms with Crippen molar-refractivity contribution in [1.29, 1.82) is 0 Å². The molecule has 1 unspecified atom stereocenters. The maximum absolute atomic E-state index is 12.9. The molecule has 10 heteroatoms. The lowest BCUT2D eigenvalue weighted by Crippen LogP contribution is -2.32. The Balaban J connectivity index is 1.27. The average molecular weight is 543 g/mol. The predicted molar refractivity (Wildman–Crippen MR) is 150 cm³/mol. The zero-order valence-corrected chi connectivity index (χ0v) is 22.4. The molecule has 198 valence electrons. The van der Waals surface area contributed by atoms with Crippen molar-refractivity contribution in [3.05, 3.63) is 77.7 Å². The number of nitrogens with zero attached hydrogens (tertiary/aromatic N) is 2. The molecule has 1 atom stereocenters. The van der Waals surface area contributed by atoms with Gasteiger partial charge in [-0.1, -0.05) is 19.1 Å². The van der Waals surface area contributed by atoms with Crippen molar-refractivity contribution in [2.75, 3.05) is 19.5 Å². The summed E-state index contributed by atoms with van der Waals surface area (Å²) in [4.78, 5) is 38.2. The number of hydrogen-bond acceptors (Lipinski definition) is 8. The van der Waals surface area contributed by atoms with Gasteiger partial charge in [0.05, 0.1) is 36.5 Å². The number of anilines is 1. The van der Waals surface area contributed by atoms with E-state index >= 15 is 0 Å². The molecule has 0 spiro atoms. The van der Waals surface area contributed by atoms with Crippen molar-refractivity contribution in [2.24, 2.45) is 0 Å². The second-order valence-electron chi connectivity index (χ2n) is 8.58. The fourth-order valence-electron chi connectivity index (χ4n) is 4.04. The van der Waals surface area contributed by atoms with Crippen LogP contribution in [-0.4, -0.2) is 47.2 Å². The molecule has 1 amide bonds. The van der Waals surface area contributed by atoms with Gasteiger partial charge in [-0.3, -0.25) is 10.1 Å². The third-order valence-electron chi connectivity index (χ3n) is 6.11. The van der Waals surface area contributed by atoms with E-state index in [1.54, 1.807) is 39.3 Å². The van der Waals surface area contributed by atoms with Gasteiger partial charge in [-0.15, -0.1) is 11.3 Å². The fraction of sp³-hybridized carbons (Fsp3) is 0.172. The average Bonchev–Trinajstić information content (AvgIpc) is 3.62. The summed E-state index contributed by atoms with van der Waals surface area (Å²) in [6, 6.07) is 20.1. The number of ether oxygens (including phenoxy) is 3. The molecular weight excluding hydrogens is 516 g/mol. The van der Waals surface area contributed by atoms with Crippen LogP contribution in [0.1, 0.15) is 23.7 Å². The minimum Gasteiger partial charge on any atom is -0.497 e. The number of aromatic amines is 1. The van der Waals surface area contributed by atoms with E-state index in [0.717, 1.165) is 16.9 Å². The van der Waals surface area contributed by atoms with E-state index in [1.165, 1.54) is 11.3 Å². The molecular formula is C29H26N4O5S. The molecule has 39 heavy (non-hydrogen) atoms. The standard InChI is InChI=1S/C29H26N4O5S/c1-4-24(27(34)33-29-32-23(16-39-29)20-7-5-6-8-25(20)37-3)38-28(35)18-11-14-21-22(15-18)31-26(30-21)17-9-12-19(36-2)13-10-17/h5-16,24H,4H2,1-3H3,(H,30,31)(H,32,33,34). The first-order chi connectivity index (χ1) is 19.0. The van der Waals surface area contributed by atoms with Crippen LogP contribution in [0.3, 0.4) is 0 Å². The third-order valence-corrected chi connectivity index (χ3v) is 6.87.